The number of carbonyl (C=O) groups excluding carboxylic acids is 1. The van der Waals surface area contributed by atoms with Crippen molar-refractivity contribution in [1.82, 2.24) is 9.97 Å². The van der Waals surface area contributed by atoms with Crippen LogP contribution in [-0.4, -0.2) is 29.6 Å². The van der Waals surface area contributed by atoms with Gasteiger partial charge in [-0.15, -0.1) is 22.7 Å². The van der Waals surface area contributed by atoms with Crippen LogP contribution in [0.1, 0.15) is 22.2 Å². The van der Waals surface area contributed by atoms with Gasteiger partial charge in [-0.1, -0.05) is 29.8 Å². The Balaban J connectivity index is 1.35. The summed E-state index contributed by atoms with van der Waals surface area (Å²) in [5, 5.41) is 6.11. The number of hydrogen-bond donors (Lipinski definition) is 2. The molecule has 3 aromatic heterocycles. The molecule has 0 saturated heterocycles. The number of nitrogens with zero attached hydrogens (tertiary/aromatic N) is 2. The van der Waals surface area contributed by atoms with E-state index < -0.39 is 0 Å². The predicted molar refractivity (Wildman–Crippen MR) is 173 cm³/mol. The number of benzene rings is 3. The molecule has 0 aliphatic carbocycles. The highest BCUT2D eigenvalue weighted by molar-refractivity contribution is 7.21. The van der Waals surface area contributed by atoms with Crippen molar-refractivity contribution in [2.75, 3.05) is 24.8 Å². The third-order valence-electron chi connectivity index (χ3n) is 6.84. The van der Waals surface area contributed by atoms with Crippen LogP contribution in [0.2, 0.25) is 0 Å². The smallest absolute Gasteiger partial charge is 0.269 e. The fraction of sp³-hybridized carbons (Fsp3) is 0.121. The van der Waals surface area contributed by atoms with E-state index in [2.05, 4.69) is 41.5 Å². The summed E-state index contributed by atoms with van der Waals surface area (Å²) in [6.07, 6.45) is 0. The molecule has 42 heavy (non-hydrogen) atoms. The zero-order chi connectivity index (χ0) is 29.2. The molecule has 1 amide bonds. The maximum atomic E-state index is 13.5. The van der Waals surface area contributed by atoms with Crippen LogP contribution in [0.25, 0.3) is 43.9 Å². The summed E-state index contributed by atoms with van der Waals surface area (Å²) in [6, 6.07) is 25.8. The number of aryl methyl sites for hydroxylation is 1. The van der Waals surface area contributed by atoms with Crippen molar-refractivity contribution in [1.29, 1.82) is 0 Å². The van der Waals surface area contributed by atoms with Crippen molar-refractivity contribution in [2.24, 2.45) is 0 Å². The number of aromatic nitrogens is 2. The van der Waals surface area contributed by atoms with E-state index in [-0.39, 0.29) is 5.91 Å². The summed E-state index contributed by atoms with van der Waals surface area (Å²) in [6.45, 7) is 4.61. The molecule has 0 atom stereocenters. The van der Waals surface area contributed by atoms with Gasteiger partial charge in [-0.2, -0.15) is 0 Å². The number of nitrogens with two attached hydrogens (primary N) is 1. The normalized spacial score (nSPS) is 11.0. The Bertz CT molecular complexity index is 1880. The molecule has 6 aromatic rings. The molecule has 3 heterocycles. The topological polar surface area (TPSA) is 99.4 Å². The Hall–Kier alpha value is -4.73. The van der Waals surface area contributed by atoms with Crippen molar-refractivity contribution in [3.05, 3.63) is 94.7 Å². The highest BCUT2D eigenvalue weighted by Crippen LogP contribution is 2.42. The van der Waals surface area contributed by atoms with E-state index in [1.54, 1.807) is 7.11 Å². The number of thiophene rings is 1. The minimum Gasteiger partial charge on any atom is -0.497 e. The third-order valence-corrected chi connectivity index (χ3v) is 8.70. The number of ether oxygens (including phenoxy) is 2. The van der Waals surface area contributed by atoms with Gasteiger partial charge < -0.3 is 15.2 Å². The summed E-state index contributed by atoms with van der Waals surface area (Å²) in [5.41, 5.74) is 13.6. The van der Waals surface area contributed by atoms with E-state index in [1.165, 1.54) is 22.7 Å². The second-order valence-electron chi connectivity index (χ2n) is 9.62. The number of rotatable bonds is 8. The second kappa shape index (κ2) is 11.6. The standard InChI is InChI=1S/C33H28N4O3S2/c1-4-40-24-15-11-22(12-16-24)27-18-41-33(36-27)37-31(38)30-29(34)28-25(20-7-5-19(2)6-8-20)17-26(35-32(28)42-30)21-9-13-23(39-3)14-10-21/h5-18H,4,34H2,1-3H3,(H,36,37,38). The van der Waals surface area contributed by atoms with Crippen molar-refractivity contribution < 1.29 is 14.3 Å². The first kappa shape index (κ1) is 27.4. The lowest BCUT2D eigenvalue weighted by atomic mass is 9.98. The minimum absolute atomic E-state index is 0.316. The quantitative estimate of drug-likeness (QED) is 0.184. The molecule has 0 radical (unpaired) electrons. The molecule has 9 heteroatoms. The molecule has 3 N–H and O–H groups in total. The first-order valence-electron chi connectivity index (χ1n) is 13.4. The number of amides is 1. The van der Waals surface area contributed by atoms with E-state index in [9.17, 15) is 4.79 Å². The number of hydrogen-bond acceptors (Lipinski definition) is 8. The molecule has 0 aliphatic rings. The molecule has 0 unspecified atom stereocenters. The lowest BCUT2D eigenvalue weighted by Gasteiger charge is -2.10. The van der Waals surface area contributed by atoms with Crippen LogP contribution in [0.15, 0.2) is 84.2 Å². The molecule has 0 spiro atoms. The van der Waals surface area contributed by atoms with Crippen LogP contribution in [0.4, 0.5) is 10.8 Å². The van der Waals surface area contributed by atoms with Gasteiger partial charge in [-0.05, 0) is 79.6 Å². The Morgan fingerprint density at radius 2 is 1.52 bits per heavy atom. The predicted octanol–water partition coefficient (Wildman–Crippen LogP) is 8.30. The molecular weight excluding hydrogens is 565 g/mol. The number of pyridine rings is 1. The van der Waals surface area contributed by atoms with Crippen molar-refractivity contribution in [3.8, 4) is 45.1 Å². The summed E-state index contributed by atoms with van der Waals surface area (Å²) in [5.74, 6) is 1.26. The van der Waals surface area contributed by atoms with Crippen LogP contribution >= 0.6 is 22.7 Å². The van der Waals surface area contributed by atoms with E-state index in [1.807, 2.05) is 66.9 Å². The Kier molecular flexibility index (Phi) is 7.60. The van der Waals surface area contributed by atoms with Crippen LogP contribution in [0.5, 0.6) is 11.5 Å². The van der Waals surface area contributed by atoms with Crippen LogP contribution in [0, 0.1) is 6.92 Å². The van der Waals surface area contributed by atoms with Gasteiger partial charge >= 0.3 is 0 Å². The Labute approximate surface area is 251 Å². The van der Waals surface area contributed by atoms with Gasteiger partial charge in [0.1, 0.15) is 21.2 Å². The summed E-state index contributed by atoms with van der Waals surface area (Å²) in [7, 11) is 1.64. The molecular formula is C33H28N4O3S2. The number of anilines is 2. The second-order valence-corrected chi connectivity index (χ2v) is 11.5. The number of thiazole rings is 1. The molecule has 7 nitrogen and oxygen atoms in total. The van der Waals surface area contributed by atoms with Gasteiger partial charge in [0.25, 0.3) is 5.91 Å². The highest BCUT2D eigenvalue weighted by atomic mass is 32.1. The summed E-state index contributed by atoms with van der Waals surface area (Å²) < 4.78 is 10.9. The van der Waals surface area contributed by atoms with Crippen LogP contribution in [-0.2, 0) is 0 Å². The molecule has 6 rings (SSSR count). The number of nitrogen functional groups attached to an aromatic ring is 1. The Morgan fingerprint density at radius 3 is 2.19 bits per heavy atom. The molecule has 0 bridgehead atoms. The maximum absolute atomic E-state index is 13.5. The highest BCUT2D eigenvalue weighted by Gasteiger charge is 2.22. The van der Waals surface area contributed by atoms with Gasteiger partial charge in [0.2, 0.25) is 0 Å². The fourth-order valence-corrected chi connectivity index (χ4v) is 6.40. The van der Waals surface area contributed by atoms with E-state index in [0.29, 0.717) is 27.1 Å². The average Bonchev–Trinajstić information content (AvgIpc) is 3.62. The molecule has 0 aliphatic heterocycles. The molecule has 0 fully saturated rings. The third kappa shape index (κ3) is 5.44. The average molecular weight is 593 g/mol. The van der Waals surface area contributed by atoms with Crippen LogP contribution in [0.3, 0.4) is 0 Å². The number of carbonyl (C=O) groups is 1. The van der Waals surface area contributed by atoms with Crippen LogP contribution < -0.4 is 20.5 Å². The fourth-order valence-electron chi connectivity index (χ4n) is 4.67. The summed E-state index contributed by atoms with van der Waals surface area (Å²) >= 11 is 2.64. The lowest BCUT2D eigenvalue weighted by molar-refractivity contribution is 0.103. The van der Waals surface area contributed by atoms with E-state index in [4.69, 9.17) is 20.2 Å². The molecule has 0 saturated carbocycles. The largest absolute Gasteiger partial charge is 0.497 e. The zero-order valence-electron chi connectivity index (χ0n) is 23.3. The maximum Gasteiger partial charge on any atom is 0.269 e. The van der Waals surface area contributed by atoms with Crippen molar-refractivity contribution in [3.63, 3.8) is 0 Å². The number of nitrogens with one attached hydrogen (secondary N) is 1. The van der Waals surface area contributed by atoms with Gasteiger partial charge in [-0.3, -0.25) is 10.1 Å². The van der Waals surface area contributed by atoms with Gasteiger partial charge in [0.05, 0.1) is 30.8 Å². The van der Waals surface area contributed by atoms with Crippen molar-refractivity contribution >= 4 is 49.6 Å². The zero-order valence-corrected chi connectivity index (χ0v) is 24.9. The summed E-state index contributed by atoms with van der Waals surface area (Å²) in [4.78, 5) is 24.2. The monoisotopic (exact) mass is 592 g/mol. The number of methoxy groups -OCH3 is 1. The van der Waals surface area contributed by atoms with E-state index in [0.717, 1.165) is 56.1 Å². The Morgan fingerprint density at radius 1 is 0.881 bits per heavy atom. The SMILES string of the molecule is CCOc1ccc(-c2csc(NC(=O)c3sc4nc(-c5ccc(OC)cc5)cc(-c5ccc(C)cc5)c4c3N)n2)cc1. The van der Waals surface area contributed by atoms with Gasteiger partial charge in [0.15, 0.2) is 5.13 Å². The first-order valence-corrected chi connectivity index (χ1v) is 15.1. The van der Waals surface area contributed by atoms with Gasteiger partial charge in [-0.25, -0.2) is 9.97 Å². The lowest BCUT2D eigenvalue weighted by Crippen LogP contribution is -2.11. The van der Waals surface area contributed by atoms with E-state index >= 15 is 0 Å². The molecule has 3 aromatic carbocycles. The number of fused-ring (bicyclic) bond motifs is 1. The minimum atomic E-state index is -0.316. The molecule has 210 valence electrons. The van der Waals surface area contributed by atoms with Gasteiger partial charge in [0, 0.05) is 21.9 Å². The first-order chi connectivity index (χ1) is 20.4. The van der Waals surface area contributed by atoms with Crippen molar-refractivity contribution in [2.45, 2.75) is 13.8 Å².